The van der Waals surface area contributed by atoms with Gasteiger partial charge >= 0.3 is 0 Å². The first kappa shape index (κ1) is 34.2. The van der Waals surface area contributed by atoms with Gasteiger partial charge in [0.2, 0.25) is 0 Å². The summed E-state index contributed by atoms with van der Waals surface area (Å²) in [5.74, 6) is 0. The highest BCUT2D eigenvalue weighted by atomic mass is 32.1. The fourth-order valence-corrected chi connectivity index (χ4v) is 11.0. The van der Waals surface area contributed by atoms with Crippen molar-refractivity contribution in [1.82, 2.24) is 9.13 Å². The Morgan fingerprint density at radius 3 is 1.62 bits per heavy atom. The van der Waals surface area contributed by atoms with E-state index < -0.39 is 0 Å². The maximum absolute atomic E-state index is 2.43. The minimum Gasteiger partial charge on any atom is -0.309 e. The SMILES string of the molecule is c1ccc(-n2c3ccc(-c4ccc(-c5ccc6c(c5)c5ccccc5n6-c5ccc6ccccc6c5)cc4)cc3c3ccc(-c4cccc5c4sc4ccccc45)cc32)cc1. The van der Waals surface area contributed by atoms with Crippen molar-refractivity contribution in [3.05, 3.63) is 218 Å². The molecule has 13 rings (SSSR count). The third-order valence-corrected chi connectivity index (χ3v) is 13.9. The van der Waals surface area contributed by atoms with E-state index in [-0.39, 0.29) is 0 Å². The molecule has 0 spiro atoms. The van der Waals surface area contributed by atoms with Crippen LogP contribution in [0.4, 0.5) is 0 Å². The van der Waals surface area contributed by atoms with E-state index in [9.17, 15) is 0 Å². The molecular weight excluding hydrogens is 757 g/mol. The summed E-state index contributed by atoms with van der Waals surface area (Å²) < 4.78 is 7.50. The highest BCUT2D eigenvalue weighted by molar-refractivity contribution is 7.26. The molecule has 3 heteroatoms. The van der Waals surface area contributed by atoms with Crippen LogP contribution in [0.1, 0.15) is 0 Å². The first-order chi connectivity index (χ1) is 30.2. The van der Waals surface area contributed by atoms with E-state index in [0.717, 1.165) is 5.69 Å². The Labute approximate surface area is 356 Å². The van der Waals surface area contributed by atoms with Crippen molar-refractivity contribution in [2.45, 2.75) is 0 Å². The topological polar surface area (TPSA) is 9.86 Å². The van der Waals surface area contributed by atoms with E-state index in [2.05, 4.69) is 228 Å². The minimum atomic E-state index is 1.16. The molecule has 0 saturated heterocycles. The number of benzene rings is 10. The minimum absolute atomic E-state index is 1.16. The van der Waals surface area contributed by atoms with Crippen LogP contribution < -0.4 is 0 Å². The summed E-state index contributed by atoms with van der Waals surface area (Å²) in [5.41, 5.74) is 14.5. The number of hydrogen-bond acceptors (Lipinski definition) is 1. The Balaban J connectivity index is 0.899. The van der Waals surface area contributed by atoms with Crippen molar-refractivity contribution in [2.24, 2.45) is 0 Å². The summed E-state index contributed by atoms with van der Waals surface area (Å²) in [6.07, 6.45) is 0. The van der Waals surface area contributed by atoms with Crippen LogP contribution in [0.25, 0.3) is 119 Å². The van der Waals surface area contributed by atoms with Crippen LogP contribution in [0.3, 0.4) is 0 Å². The van der Waals surface area contributed by atoms with Gasteiger partial charge in [0.25, 0.3) is 0 Å². The molecule has 284 valence electrons. The summed E-state index contributed by atoms with van der Waals surface area (Å²) >= 11 is 1.89. The number of fused-ring (bicyclic) bond motifs is 10. The maximum atomic E-state index is 2.43. The van der Waals surface area contributed by atoms with Crippen LogP contribution >= 0.6 is 11.3 Å². The molecule has 0 N–H and O–H groups in total. The number of nitrogens with zero attached hydrogens (tertiary/aromatic N) is 2. The van der Waals surface area contributed by atoms with Crippen molar-refractivity contribution in [2.75, 3.05) is 0 Å². The molecule has 10 aromatic carbocycles. The zero-order chi connectivity index (χ0) is 40.0. The van der Waals surface area contributed by atoms with E-state index in [1.54, 1.807) is 0 Å². The summed E-state index contributed by atoms with van der Waals surface area (Å²) in [6.45, 7) is 0. The smallest absolute Gasteiger partial charge is 0.0547 e. The lowest BCUT2D eigenvalue weighted by atomic mass is 9.97. The van der Waals surface area contributed by atoms with Crippen LogP contribution in [0.5, 0.6) is 0 Å². The molecule has 0 atom stereocenters. The average molecular weight is 793 g/mol. The third kappa shape index (κ3) is 5.34. The molecule has 3 aromatic heterocycles. The Morgan fingerprint density at radius 2 is 0.852 bits per heavy atom. The number of rotatable bonds is 5. The lowest BCUT2D eigenvalue weighted by Crippen LogP contribution is -1.93. The quantitative estimate of drug-likeness (QED) is 0.164. The van der Waals surface area contributed by atoms with Gasteiger partial charge < -0.3 is 9.13 Å². The monoisotopic (exact) mass is 792 g/mol. The average Bonchev–Trinajstić information content (AvgIpc) is 3.99. The molecule has 2 nitrogen and oxygen atoms in total. The van der Waals surface area contributed by atoms with Crippen LogP contribution in [0.2, 0.25) is 0 Å². The van der Waals surface area contributed by atoms with E-state index in [0.29, 0.717) is 0 Å². The Hall–Kier alpha value is -7.72. The van der Waals surface area contributed by atoms with Crippen molar-refractivity contribution in [3.8, 4) is 44.8 Å². The molecule has 3 heterocycles. The molecule has 61 heavy (non-hydrogen) atoms. The van der Waals surface area contributed by atoms with Gasteiger partial charge in [0, 0.05) is 53.1 Å². The summed E-state index contributed by atoms with van der Waals surface area (Å²) in [6, 6.07) is 80.4. The molecule has 0 aliphatic rings. The van der Waals surface area contributed by atoms with Gasteiger partial charge in [-0.25, -0.2) is 0 Å². The standard InChI is InChI=1S/C58H36N2S/c1-2-13-44(14-3-1)59-54-31-27-42(35-52(54)48-30-26-43(36-56(48)59)46-17-10-18-50-49-16-7-9-20-57(49)61-58(46)50)39-23-21-38(22-24-39)41-28-32-55-51(34-41)47-15-6-8-19-53(47)60(55)45-29-25-37-11-4-5-12-40(37)33-45/h1-36H. The number of para-hydroxylation sites is 2. The molecule has 0 fully saturated rings. The van der Waals surface area contributed by atoms with E-state index in [4.69, 9.17) is 0 Å². The van der Waals surface area contributed by atoms with Crippen molar-refractivity contribution < 1.29 is 0 Å². The Morgan fingerprint density at radius 1 is 0.279 bits per heavy atom. The van der Waals surface area contributed by atoms with Gasteiger partial charge in [0.1, 0.15) is 0 Å². The summed E-state index contributed by atoms with van der Waals surface area (Å²) in [4.78, 5) is 0. The summed E-state index contributed by atoms with van der Waals surface area (Å²) in [5, 5.41) is 10.2. The fraction of sp³-hybridized carbons (Fsp3) is 0. The lowest BCUT2D eigenvalue weighted by molar-refractivity contribution is 1.18. The summed E-state index contributed by atoms with van der Waals surface area (Å²) in [7, 11) is 0. The number of thiophene rings is 1. The molecule has 0 saturated carbocycles. The fourth-order valence-electron chi connectivity index (χ4n) is 9.80. The molecule has 0 radical (unpaired) electrons. The lowest BCUT2D eigenvalue weighted by Gasteiger charge is -2.10. The van der Waals surface area contributed by atoms with Crippen molar-refractivity contribution in [3.63, 3.8) is 0 Å². The van der Waals surface area contributed by atoms with Gasteiger partial charge in [-0.05, 0) is 111 Å². The van der Waals surface area contributed by atoms with Gasteiger partial charge in [0.05, 0.1) is 22.1 Å². The number of aromatic nitrogens is 2. The maximum Gasteiger partial charge on any atom is 0.0547 e. The predicted octanol–water partition coefficient (Wildman–Crippen LogP) is 16.4. The molecule has 0 bridgehead atoms. The zero-order valence-corrected chi connectivity index (χ0v) is 33.9. The molecule has 0 unspecified atom stereocenters. The molecule has 0 aliphatic carbocycles. The van der Waals surface area contributed by atoms with Crippen molar-refractivity contribution >= 4 is 85.9 Å². The third-order valence-electron chi connectivity index (χ3n) is 12.7. The van der Waals surface area contributed by atoms with Crippen LogP contribution in [0.15, 0.2) is 218 Å². The second-order valence-electron chi connectivity index (χ2n) is 16.1. The van der Waals surface area contributed by atoms with Crippen LogP contribution in [0, 0.1) is 0 Å². The molecule has 0 aliphatic heterocycles. The first-order valence-electron chi connectivity index (χ1n) is 20.9. The van der Waals surface area contributed by atoms with Crippen LogP contribution in [-0.4, -0.2) is 9.13 Å². The van der Waals surface area contributed by atoms with E-state index >= 15 is 0 Å². The molecule has 0 amide bonds. The van der Waals surface area contributed by atoms with Gasteiger partial charge in [0.15, 0.2) is 0 Å². The van der Waals surface area contributed by atoms with Crippen molar-refractivity contribution in [1.29, 1.82) is 0 Å². The molecule has 13 aromatic rings. The van der Waals surface area contributed by atoms with Gasteiger partial charge in [-0.2, -0.15) is 0 Å². The largest absolute Gasteiger partial charge is 0.309 e. The molecular formula is C58H36N2S. The van der Waals surface area contributed by atoms with E-state index in [1.165, 1.54) is 114 Å². The van der Waals surface area contributed by atoms with Crippen LogP contribution in [-0.2, 0) is 0 Å². The van der Waals surface area contributed by atoms with Gasteiger partial charge in [-0.3, -0.25) is 0 Å². The Kier molecular flexibility index (Phi) is 7.51. The normalized spacial score (nSPS) is 11.9. The zero-order valence-electron chi connectivity index (χ0n) is 33.1. The van der Waals surface area contributed by atoms with Gasteiger partial charge in [-0.1, -0.05) is 152 Å². The van der Waals surface area contributed by atoms with E-state index in [1.807, 2.05) is 11.3 Å². The second-order valence-corrected chi connectivity index (χ2v) is 17.2. The highest BCUT2D eigenvalue weighted by Crippen LogP contribution is 2.43. The predicted molar refractivity (Wildman–Crippen MR) is 262 cm³/mol. The van der Waals surface area contributed by atoms with Gasteiger partial charge in [-0.15, -0.1) is 11.3 Å². The first-order valence-corrected chi connectivity index (χ1v) is 21.7. The Bertz CT molecular complexity index is 3860. The number of hydrogen-bond donors (Lipinski definition) is 0. The second kappa shape index (κ2) is 13.4. The highest BCUT2D eigenvalue weighted by Gasteiger charge is 2.18.